The zero-order valence-electron chi connectivity index (χ0n) is 15.7. The monoisotopic (exact) mass is 410 g/mol. The normalized spacial score (nSPS) is 16.3. The third kappa shape index (κ3) is 5.90. The maximum atomic E-state index is 12.5. The van der Waals surface area contributed by atoms with Crippen LogP contribution in [0.2, 0.25) is 0 Å². The van der Waals surface area contributed by atoms with E-state index in [2.05, 4.69) is 20.6 Å². The number of fused-ring (bicyclic) bond motifs is 1. The van der Waals surface area contributed by atoms with Crippen molar-refractivity contribution in [2.45, 2.75) is 12.3 Å². The molecule has 0 bridgehead atoms. The number of aromatic nitrogens is 1. The minimum absolute atomic E-state index is 0.120. The molecule has 10 heteroatoms. The zero-order valence-corrected chi connectivity index (χ0v) is 15.7. The summed E-state index contributed by atoms with van der Waals surface area (Å²) in [5, 5.41) is 6.17. The molecular formula is C19H21F3N4O3. The fourth-order valence-electron chi connectivity index (χ4n) is 2.55. The van der Waals surface area contributed by atoms with Gasteiger partial charge in [0.1, 0.15) is 19.3 Å². The van der Waals surface area contributed by atoms with Gasteiger partial charge in [-0.25, -0.2) is 4.98 Å². The predicted octanol–water partition coefficient (Wildman–Crippen LogP) is 2.48. The van der Waals surface area contributed by atoms with Crippen LogP contribution in [0.1, 0.15) is 5.56 Å². The second kappa shape index (κ2) is 9.35. The number of halogens is 3. The van der Waals surface area contributed by atoms with Crippen LogP contribution in [-0.4, -0.2) is 50.4 Å². The van der Waals surface area contributed by atoms with Crippen LogP contribution in [0.15, 0.2) is 47.6 Å². The summed E-state index contributed by atoms with van der Waals surface area (Å²) >= 11 is 0. The molecule has 2 N–H and O–H groups in total. The van der Waals surface area contributed by atoms with Gasteiger partial charge in [-0.3, -0.25) is 4.99 Å². The number of benzene rings is 1. The number of pyridine rings is 1. The first-order valence-electron chi connectivity index (χ1n) is 8.95. The lowest BCUT2D eigenvalue weighted by Gasteiger charge is -2.27. The Labute approximate surface area is 165 Å². The number of aliphatic imine (C=N–C) groups is 1. The molecule has 1 aliphatic rings. The number of para-hydroxylation sites is 2. The van der Waals surface area contributed by atoms with Crippen LogP contribution in [-0.2, 0) is 6.18 Å². The SMILES string of the molecule is CN=C(NCCOc1ccc(C(F)(F)F)cn1)NCC1COc2ccccc2O1. The van der Waals surface area contributed by atoms with E-state index in [1.807, 2.05) is 24.3 Å². The van der Waals surface area contributed by atoms with Crippen molar-refractivity contribution in [3.8, 4) is 17.4 Å². The van der Waals surface area contributed by atoms with Crippen molar-refractivity contribution >= 4 is 5.96 Å². The number of ether oxygens (including phenoxy) is 3. The molecule has 0 aliphatic carbocycles. The van der Waals surface area contributed by atoms with Gasteiger partial charge in [0.25, 0.3) is 0 Å². The van der Waals surface area contributed by atoms with Crippen molar-refractivity contribution in [2.24, 2.45) is 4.99 Å². The smallest absolute Gasteiger partial charge is 0.417 e. The number of hydrogen-bond acceptors (Lipinski definition) is 5. The van der Waals surface area contributed by atoms with Gasteiger partial charge in [-0.2, -0.15) is 13.2 Å². The Hall–Kier alpha value is -3.17. The second-order valence-electron chi connectivity index (χ2n) is 6.11. The average molecular weight is 410 g/mol. The summed E-state index contributed by atoms with van der Waals surface area (Å²) in [6, 6.07) is 9.58. The van der Waals surface area contributed by atoms with Crippen molar-refractivity contribution in [2.75, 3.05) is 33.4 Å². The zero-order chi connectivity index (χ0) is 20.7. The van der Waals surface area contributed by atoms with E-state index in [1.165, 1.54) is 6.07 Å². The summed E-state index contributed by atoms with van der Waals surface area (Å²) in [7, 11) is 1.63. The summed E-state index contributed by atoms with van der Waals surface area (Å²) in [4.78, 5) is 7.75. The maximum absolute atomic E-state index is 12.5. The minimum atomic E-state index is -4.42. The molecule has 156 valence electrons. The molecule has 1 unspecified atom stereocenters. The van der Waals surface area contributed by atoms with Crippen LogP contribution < -0.4 is 24.8 Å². The first-order chi connectivity index (χ1) is 14.0. The van der Waals surface area contributed by atoms with E-state index in [-0.39, 0.29) is 18.6 Å². The Kier molecular flexibility index (Phi) is 6.63. The lowest BCUT2D eigenvalue weighted by molar-refractivity contribution is -0.137. The average Bonchev–Trinajstić information content (AvgIpc) is 2.73. The molecule has 7 nitrogen and oxygen atoms in total. The molecule has 2 heterocycles. The number of nitrogens with zero attached hydrogens (tertiary/aromatic N) is 2. The Morgan fingerprint density at radius 1 is 1.21 bits per heavy atom. The Bertz CT molecular complexity index is 828. The lowest BCUT2D eigenvalue weighted by atomic mass is 10.2. The molecule has 0 saturated heterocycles. The molecule has 2 aromatic rings. The van der Waals surface area contributed by atoms with Gasteiger partial charge in [0, 0.05) is 19.3 Å². The van der Waals surface area contributed by atoms with E-state index in [4.69, 9.17) is 14.2 Å². The molecule has 1 aliphatic heterocycles. The van der Waals surface area contributed by atoms with E-state index in [0.717, 1.165) is 18.0 Å². The van der Waals surface area contributed by atoms with Gasteiger partial charge >= 0.3 is 6.18 Å². The van der Waals surface area contributed by atoms with E-state index < -0.39 is 11.7 Å². The van der Waals surface area contributed by atoms with Gasteiger partial charge in [-0.15, -0.1) is 0 Å². The molecule has 0 amide bonds. The summed E-state index contributed by atoms with van der Waals surface area (Å²) < 4.78 is 54.4. The van der Waals surface area contributed by atoms with Gasteiger partial charge < -0.3 is 24.8 Å². The fourth-order valence-corrected chi connectivity index (χ4v) is 2.55. The van der Waals surface area contributed by atoms with E-state index in [1.54, 1.807) is 7.05 Å². The first kappa shape index (κ1) is 20.6. The van der Waals surface area contributed by atoms with E-state index in [9.17, 15) is 13.2 Å². The summed E-state index contributed by atoms with van der Waals surface area (Å²) in [5.74, 6) is 2.08. The molecule has 1 aromatic carbocycles. The van der Waals surface area contributed by atoms with Crippen LogP contribution in [0.25, 0.3) is 0 Å². The molecule has 1 atom stereocenters. The third-order valence-electron chi connectivity index (χ3n) is 4.00. The van der Waals surface area contributed by atoms with Crippen LogP contribution >= 0.6 is 0 Å². The molecule has 29 heavy (non-hydrogen) atoms. The molecular weight excluding hydrogens is 389 g/mol. The van der Waals surface area contributed by atoms with Gasteiger partial charge in [-0.1, -0.05) is 12.1 Å². The van der Waals surface area contributed by atoms with Crippen LogP contribution in [0.4, 0.5) is 13.2 Å². The highest BCUT2D eigenvalue weighted by molar-refractivity contribution is 5.79. The lowest BCUT2D eigenvalue weighted by Crippen LogP contribution is -2.46. The predicted molar refractivity (Wildman–Crippen MR) is 100 cm³/mol. The van der Waals surface area contributed by atoms with Gasteiger partial charge in [-0.05, 0) is 18.2 Å². The summed E-state index contributed by atoms with van der Waals surface area (Å²) in [6.07, 6.45) is -3.84. The summed E-state index contributed by atoms with van der Waals surface area (Å²) in [5.41, 5.74) is -0.816. The van der Waals surface area contributed by atoms with Crippen molar-refractivity contribution in [3.63, 3.8) is 0 Å². The highest BCUT2D eigenvalue weighted by atomic mass is 19.4. The quantitative estimate of drug-likeness (QED) is 0.433. The van der Waals surface area contributed by atoms with Gasteiger partial charge in [0.2, 0.25) is 5.88 Å². The number of alkyl halides is 3. The van der Waals surface area contributed by atoms with Crippen molar-refractivity contribution < 1.29 is 27.4 Å². The van der Waals surface area contributed by atoms with Crippen molar-refractivity contribution in [1.29, 1.82) is 0 Å². The van der Waals surface area contributed by atoms with Crippen molar-refractivity contribution in [3.05, 3.63) is 48.2 Å². The Balaban J connectivity index is 1.37. The molecule has 0 fully saturated rings. The van der Waals surface area contributed by atoms with Crippen LogP contribution in [0, 0.1) is 0 Å². The molecule has 1 aromatic heterocycles. The summed E-state index contributed by atoms with van der Waals surface area (Å²) in [6.45, 7) is 1.49. The maximum Gasteiger partial charge on any atom is 0.417 e. The second-order valence-corrected chi connectivity index (χ2v) is 6.11. The molecule has 0 saturated carbocycles. The van der Waals surface area contributed by atoms with Gasteiger partial charge in [0.05, 0.1) is 18.7 Å². The highest BCUT2D eigenvalue weighted by Crippen LogP contribution is 2.30. The largest absolute Gasteiger partial charge is 0.486 e. The topological polar surface area (TPSA) is 77.0 Å². The van der Waals surface area contributed by atoms with Gasteiger partial charge in [0.15, 0.2) is 17.5 Å². The fraction of sp³-hybridized carbons (Fsp3) is 0.368. The Morgan fingerprint density at radius 2 is 2.00 bits per heavy atom. The standard InChI is InChI=1S/C19H21F3N4O3/c1-23-18(26-11-14-12-28-15-4-2-3-5-16(15)29-14)24-8-9-27-17-7-6-13(10-25-17)19(20,21)22/h2-7,10,14H,8-9,11-12H2,1H3,(H2,23,24,26). The molecule has 0 radical (unpaired) electrons. The number of hydrogen-bond donors (Lipinski definition) is 2. The number of guanidine groups is 1. The molecule has 0 spiro atoms. The van der Waals surface area contributed by atoms with Crippen LogP contribution in [0.3, 0.4) is 0 Å². The third-order valence-corrected chi connectivity index (χ3v) is 4.00. The van der Waals surface area contributed by atoms with Crippen LogP contribution in [0.5, 0.6) is 17.4 Å². The Morgan fingerprint density at radius 3 is 2.69 bits per heavy atom. The molecule has 3 rings (SSSR count). The highest BCUT2D eigenvalue weighted by Gasteiger charge is 2.30. The number of rotatable bonds is 6. The minimum Gasteiger partial charge on any atom is -0.486 e. The van der Waals surface area contributed by atoms with E-state index in [0.29, 0.717) is 31.4 Å². The number of nitrogens with one attached hydrogen (secondary N) is 2. The first-order valence-corrected chi connectivity index (χ1v) is 8.95. The van der Waals surface area contributed by atoms with E-state index >= 15 is 0 Å². The van der Waals surface area contributed by atoms with Crippen molar-refractivity contribution in [1.82, 2.24) is 15.6 Å².